The second-order valence-corrected chi connectivity index (χ2v) is 7.13. The van der Waals surface area contributed by atoms with Gasteiger partial charge in [0.05, 0.1) is 5.52 Å². The Balaban J connectivity index is 1.34. The summed E-state index contributed by atoms with van der Waals surface area (Å²) >= 11 is 0. The minimum atomic E-state index is -0.557. The lowest BCUT2D eigenvalue weighted by molar-refractivity contribution is -0.137. The molecule has 1 saturated heterocycles. The first-order valence-electron chi connectivity index (χ1n) is 9.10. The highest BCUT2D eigenvalue weighted by Crippen LogP contribution is 2.36. The number of ether oxygens (including phenoxy) is 1. The third-order valence-electron chi connectivity index (χ3n) is 5.63. The highest BCUT2D eigenvalue weighted by atomic mass is 16.5. The Morgan fingerprint density at radius 1 is 1.16 bits per heavy atom. The van der Waals surface area contributed by atoms with Crippen LogP contribution < -0.4 is 0 Å². The van der Waals surface area contributed by atoms with Crippen molar-refractivity contribution in [2.75, 3.05) is 19.7 Å². The van der Waals surface area contributed by atoms with Gasteiger partial charge in [-0.05, 0) is 30.7 Å². The van der Waals surface area contributed by atoms with E-state index in [-0.39, 0.29) is 18.2 Å². The molecule has 0 radical (unpaired) electrons. The Morgan fingerprint density at radius 3 is 2.84 bits per heavy atom. The van der Waals surface area contributed by atoms with Crippen LogP contribution in [0.25, 0.3) is 10.9 Å². The number of esters is 1. The van der Waals surface area contributed by atoms with Gasteiger partial charge in [0.15, 0.2) is 12.3 Å². The molecule has 132 valence electrons. The van der Waals surface area contributed by atoms with Crippen LogP contribution in [0.5, 0.6) is 0 Å². The van der Waals surface area contributed by atoms with Gasteiger partial charge in [-0.15, -0.1) is 0 Å². The van der Waals surface area contributed by atoms with E-state index < -0.39 is 5.97 Å². The zero-order valence-electron chi connectivity index (χ0n) is 14.2. The van der Waals surface area contributed by atoms with E-state index in [1.54, 1.807) is 0 Å². The molecule has 0 unspecified atom stereocenters. The third kappa shape index (κ3) is 3.25. The van der Waals surface area contributed by atoms with Crippen molar-refractivity contribution < 1.29 is 14.3 Å². The Labute approximate surface area is 146 Å². The SMILES string of the molecule is O=C(OCC(=O)N1CC[C@@H]2CCCC[C@@H]2C1)c1n[nH]c2ccccc12. The number of nitrogens with one attached hydrogen (secondary N) is 1. The lowest BCUT2D eigenvalue weighted by Crippen LogP contribution is -2.46. The average Bonchev–Trinajstić information content (AvgIpc) is 3.09. The van der Waals surface area contributed by atoms with E-state index in [0.717, 1.165) is 30.9 Å². The molecule has 1 amide bonds. The van der Waals surface area contributed by atoms with E-state index in [1.165, 1.54) is 25.7 Å². The van der Waals surface area contributed by atoms with E-state index in [1.807, 2.05) is 29.2 Å². The summed E-state index contributed by atoms with van der Waals surface area (Å²) in [5.74, 6) is 0.740. The summed E-state index contributed by atoms with van der Waals surface area (Å²) in [6.45, 7) is 1.38. The van der Waals surface area contributed by atoms with Gasteiger partial charge in [-0.1, -0.05) is 37.5 Å². The number of aromatic amines is 1. The fourth-order valence-corrected chi connectivity index (χ4v) is 4.23. The smallest absolute Gasteiger partial charge is 0.359 e. The molecule has 0 bridgehead atoms. The standard InChI is InChI=1S/C19H23N3O3/c23-17(22-10-9-13-5-1-2-6-14(13)11-22)12-25-19(24)18-15-7-3-4-8-16(15)20-21-18/h3-4,7-8,13-14H,1-2,5-6,9-12H2,(H,20,21)/t13-,14+/m0/s1. The Morgan fingerprint density at radius 2 is 1.96 bits per heavy atom. The van der Waals surface area contributed by atoms with E-state index in [0.29, 0.717) is 11.3 Å². The van der Waals surface area contributed by atoms with Crippen LogP contribution in [-0.2, 0) is 9.53 Å². The number of benzene rings is 1. The molecule has 0 spiro atoms. The van der Waals surface area contributed by atoms with Crippen LogP contribution in [0.3, 0.4) is 0 Å². The van der Waals surface area contributed by atoms with Crippen LogP contribution in [0.1, 0.15) is 42.6 Å². The van der Waals surface area contributed by atoms with Crippen LogP contribution in [0.2, 0.25) is 0 Å². The molecule has 2 atom stereocenters. The lowest BCUT2D eigenvalue weighted by atomic mass is 9.75. The molecule has 1 aromatic heterocycles. The van der Waals surface area contributed by atoms with Gasteiger partial charge in [0.1, 0.15) is 0 Å². The van der Waals surface area contributed by atoms with Gasteiger partial charge in [0.2, 0.25) is 0 Å². The first-order valence-corrected chi connectivity index (χ1v) is 9.10. The van der Waals surface area contributed by atoms with Crippen molar-refractivity contribution in [3.05, 3.63) is 30.0 Å². The summed E-state index contributed by atoms with van der Waals surface area (Å²) in [4.78, 5) is 26.6. The molecule has 1 N–H and O–H groups in total. The van der Waals surface area contributed by atoms with Gasteiger partial charge >= 0.3 is 5.97 Å². The monoisotopic (exact) mass is 341 g/mol. The summed E-state index contributed by atoms with van der Waals surface area (Å²) in [5.41, 5.74) is 1.01. The molecule has 2 aromatic rings. The van der Waals surface area contributed by atoms with Crippen molar-refractivity contribution in [1.82, 2.24) is 15.1 Å². The number of aromatic nitrogens is 2. The summed E-state index contributed by atoms with van der Waals surface area (Å²) in [6, 6.07) is 7.37. The zero-order valence-corrected chi connectivity index (χ0v) is 14.2. The molecular formula is C19H23N3O3. The molecule has 6 nitrogen and oxygen atoms in total. The molecule has 1 aliphatic carbocycles. The predicted molar refractivity (Wildman–Crippen MR) is 93.0 cm³/mol. The van der Waals surface area contributed by atoms with E-state index in [4.69, 9.17) is 4.74 Å². The number of rotatable bonds is 3. The van der Waals surface area contributed by atoms with Crippen molar-refractivity contribution in [1.29, 1.82) is 0 Å². The fourth-order valence-electron chi connectivity index (χ4n) is 4.23. The summed E-state index contributed by atoms with van der Waals surface area (Å²) in [6.07, 6.45) is 6.19. The molecule has 25 heavy (non-hydrogen) atoms. The first-order chi connectivity index (χ1) is 12.2. The Kier molecular flexibility index (Phi) is 4.42. The average molecular weight is 341 g/mol. The van der Waals surface area contributed by atoms with E-state index in [2.05, 4.69) is 10.2 Å². The van der Waals surface area contributed by atoms with Crippen LogP contribution in [0.4, 0.5) is 0 Å². The minimum Gasteiger partial charge on any atom is -0.451 e. The molecule has 4 rings (SSSR count). The third-order valence-corrected chi connectivity index (χ3v) is 5.63. The molecule has 6 heteroatoms. The molecule has 1 aromatic carbocycles. The van der Waals surface area contributed by atoms with E-state index >= 15 is 0 Å². The van der Waals surface area contributed by atoms with Crippen molar-refractivity contribution in [3.8, 4) is 0 Å². The zero-order chi connectivity index (χ0) is 17.2. The van der Waals surface area contributed by atoms with Crippen molar-refractivity contribution >= 4 is 22.8 Å². The maximum atomic E-state index is 12.4. The van der Waals surface area contributed by atoms with E-state index in [9.17, 15) is 9.59 Å². The normalized spacial score (nSPS) is 23.3. The number of para-hydroxylation sites is 1. The number of fused-ring (bicyclic) bond motifs is 2. The van der Waals surface area contributed by atoms with Gasteiger partial charge in [0, 0.05) is 18.5 Å². The van der Waals surface area contributed by atoms with Crippen molar-refractivity contribution in [2.24, 2.45) is 11.8 Å². The molecular weight excluding hydrogens is 318 g/mol. The largest absolute Gasteiger partial charge is 0.451 e. The second kappa shape index (κ2) is 6.86. The van der Waals surface area contributed by atoms with Gasteiger partial charge < -0.3 is 9.64 Å². The van der Waals surface area contributed by atoms with Crippen molar-refractivity contribution in [2.45, 2.75) is 32.1 Å². The molecule has 2 aliphatic rings. The highest BCUT2D eigenvalue weighted by Gasteiger charge is 2.33. The number of likely N-dealkylation sites (tertiary alicyclic amines) is 1. The summed E-state index contributed by atoms with van der Waals surface area (Å²) in [7, 11) is 0. The molecule has 1 aliphatic heterocycles. The van der Waals surface area contributed by atoms with Crippen LogP contribution in [0, 0.1) is 11.8 Å². The second-order valence-electron chi connectivity index (χ2n) is 7.13. The predicted octanol–water partition coefficient (Wildman–Crippen LogP) is 2.76. The Bertz CT molecular complexity index is 785. The number of nitrogens with zero attached hydrogens (tertiary/aromatic N) is 2. The lowest BCUT2D eigenvalue weighted by Gasteiger charge is -2.41. The fraction of sp³-hybridized carbons (Fsp3) is 0.526. The molecule has 1 saturated carbocycles. The minimum absolute atomic E-state index is 0.0998. The number of hydrogen-bond donors (Lipinski definition) is 1. The number of amides is 1. The number of piperidine rings is 1. The summed E-state index contributed by atoms with van der Waals surface area (Å²) < 4.78 is 5.23. The number of carbonyl (C=O) groups excluding carboxylic acids is 2. The Hall–Kier alpha value is -2.37. The van der Waals surface area contributed by atoms with Gasteiger partial charge in [0.25, 0.3) is 5.91 Å². The number of carbonyl (C=O) groups is 2. The first kappa shape index (κ1) is 16.1. The topological polar surface area (TPSA) is 75.3 Å². The number of hydrogen-bond acceptors (Lipinski definition) is 4. The quantitative estimate of drug-likeness (QED) is 0.871. The van der Waals surface area contributed by atoms with Crippen LogP contribution in [0.15, 0.2) is 24.3 Å². The maximum Gasteiger partial charge on any atom is 0.359 e. The van der Waals surface area contributed by atoms with Gasteiger partial charge in [-0.2, -0.15) is 5.10 Å². The van der Waals surface area contributed by atoms with Crippen molar-refractivity contribution in [3.63, 3.8) is 0 Å². The molecule has 2 heterocycles. The van der Waals surface area contributed by atoms with Gasteiger partial charge in [-0.25, -0.2) is 4.79 Å². The van der Waals surface area contributed by atoms with Gasteiger partial charge in [-0.3, -0.25) is 9.89 Å². The van der Waals surface area contributed by atoms with Crippen LogP contribution in [-0.4, -0.2) is 46.7 Å². The number of H-pyrrole nitrogens is 1. The molecule has 2 fully saturated rings. The maximum absolute atomic E-state index is 12.4. The highest BCUT2D eigenvalue weighted by molar-refractivity contribution is 6.02. The summed E-state index contributed by atoms with van der Waals surface area (Å²) in [5, 5.41) is 7.53. The van der Waals surface area contributed by atoms with Crippen LogP contribution >= 0.6 is 0 Å².